The van der Waals surface area contributed by atoms with E-state index in [0.29, 0.717) is 11.8 Å². The standard InChI is InChI=1S/C49H49N2O/c1-30(2)40-27-36(34-20-23-37(24-21-34)49(6,7)8)28-41(31(3)4)46(40)51-43-18-14-13-17-42(43)50(9)48(51)45-32(5)19-25-39-38-26-22-35(29-44(38)52-47(39)45)33-15-11-10-12-16-33/h10-31H,1-9H3/q+1. The van der Waals surface area contributed by atoms with Crippen molar-refractivity contribution in [2.24, 2.45) is 7.05 Å². The maximum Gasteiger partial charge on any atom is 0.299 e. The van der Waals surface area contributed by atoms with Crippen LogP contribution in [0.5, 0.6) is 0 Å². The summed E-state index contributed by atoms with van der Waals surface area (Å²) in [5.74, 6) is 1.71. The minimum atomic E-state index is 0.112. The van der Waals surface area contributed by atoms with Gasteiger partial charge in [-0.3, -0.25) is 0 Å². The number of hydrogen-bond donors (Lipinski definition) is 0. The predicted octanol–water partition coefficient (Wildman–Crippen LogP) is 13.2. The normalized spacial score (nSPS) is 12.3. The largest absolute Gasteiger partial charge is 0.455 e. The molecule has 0 spiro atoms. The first-order valence-corrected chi connectivity index (χ1v) is 18.7. The molecule has 0 aliphatic heterocycles. The molecule has 8 aromatic rings. The van der Waals surface area contributed by atoms with Crippen molar-refractivity contribution >= 4 is 33.0 Å². The van der Waals surface area contributed by atoms with Gasteiger partial charge < -0.3 is 4.42 Å². The molecule has 0 atom stereocenters. The lowest BCUT2D eigenvalue weighted by atomic mass is 9.85. The SMILES string of the molecule is Cc1ccc2c(oc3cc(-c4ccccc4)ccc32)c1-c1n(-c2c(C(C)C)cc(-c3ccc(C(C)(C)C)cc3)cc2C(C)C)c2ccccc2[n+]1C. The highest BCUT2D eigenvalue weighted by molar-refractivity contribution is 6.10. The van der Waals surface area contributed by atoms with Crippen LogP contribution < -0.4 is 4.57 Å². The van der Waals surface area contributed by atoms with Gasteiger partial charge in [0.05, 0.1) is 7.05 Å². The van der Waals surface area contributed by atoms with Gasteiger partial charge in [0.25, 0.3) is 5.82 Å². The molecule has 8 rings (SSSR count). The van der Waals surface area contributed by atoms with Gasteiger partial charge >= 0.3 is 0 Å². The fourth-order valence-corrected chi connectivity index (χ4v) is 8.00. The second-order valence-electron chi connectivity index (χ2n) is 16.2. The van der Waals surface area contributed by atoms with E-state index in [0.717, 1.165) is 38.9 Å². The molecule has 52 heavy (non-hydrogen) atoms. The van der Waals surface area contributed by atoms with E-state index in [2.05, 4.69) is 193 Å². The molecule has 0 bridgehead atoms. The van der Waals surface area contributed by atoms with Gasteiger partial charge in [-0.05, 0) is 94.0 Å². The molecule has 0 amide bonds. The van der Waals surface area contributed by atoms with Crippen molar-refractivity contribution in [1.82, 2.24) is 4.57 Å². The number of para-hydroxylation sites is 2. The first kappa shape index (κ1) is 33.7. The van der Waals surface area contributed by atoms with E-state index < -0.39 is 0 Å². The summed E-state index contributed by atoms with van der Waals surface area (Å²) in [6, 6.07) is 44.6. The monoisotopic (exact) mass is 681 g/mol. The van der Waals surface area contributed by atoms with Crippen LogP contribution in [0.25, 0.3) is 72.3 Å². The van der Waals surface area contributed by atoms with Crippen molar-refractivity contribution in [3.05, 3.63) is 144 Å². The van der Waals surface area contributed by atoms with Crippen molar-refractivity contribution in [1.29, 1.82) is 0 Å². The van der Waals surface area contributed by atoms with E-state index in [4.69, 9.17) is 4.42 Å². The number of benzene rings is 6. The van der Waals surface area contributed by atoms with E-state index in [-0.39, 0.29) is 5.41 Å². The lowest BCUT2D eigenvalue weighted by molar-refractivity contribution is -0.633. The Morgan fingerprint density at radius 2 is 1.21 bits per heavy atom. The second-order valence-corrected chi connectivity index (χ2v) is 16.2. The Labute approximate surface area is 308 Å². The second kappa shape index (κ2) is 12.7. The number of hydrogen-bond acceptors (Lipinski definition) is 1. The van der Waals surface area contributed by atoms with Gasteiger partial charge in [0, 0.05) is 21.9 Å². The van der Waals surface area contributed by atoms with Crippen LogP contribution in [-0.2, 0) is 12.5 Å². The summed E-state index contributed by atoms with van der Waals surface area (Å²) >= 11 is 0. The van der Waals surface area contributed by atoms with Crippen LogP contribution in [0.2, 0.25) is 0 Å². The number of furan rings is 1. The predicted molar refractivity (Wildman–Crippen MR) is 220 cm³/mol. The van der Waals surface area contributed by atoms with E-state index in [1.807, 2.05) is 0 Å². The lowest BCUT2D eigenvalue weighted by Crippen LogP contribution is -2.30. The minimum Gasteiger partial charge on any atom is -0.455 e. The van der Waals surface area contributed by atoms with Crippen LogP contribution in [0.3, 0.4) is 0 Å². The average Bonchev–Trinajstić information content (AvgIpc) is 3.65. The topological polar surface area (TPSA) is 21.9 Å². The quantitative estimate of drug-likeness (QED) is 0.160. The third kappa shape index (κ3) is 5.55. The third-order valence-electron chi connectivity index (χ3n) is 10.9. The maximum absolute atomic E-state index is 6.96. The zero-order chi connectivity index (χ0) is 36.5. The number of aryl methyl sites for hydroxylation is 2. The van der Waals surface area contributed by atoms with Gasteiger partial charge in [-0.25, -0.2) is 4.57 Å². The molecule has 2 aromatic heterocycles. The van der Waals surface area contributed by atoms with Crippen LogP contribution >= 0.6 is 0 Å². The summed E-state index contributed by atoms with van der Waals surface area (Å²) in [5, 5.41) is 2.27. The van der Waals surface area contributed by atoms with Gasteiger partial charge in [0.15, 0.2) is 16.6 Å². The Balaban J connectivity index is 1.42. The minimum absolute atomic E-state index is 0.112. The molecule has 0 saturated heterocycles. The zero-order valence-electron chi connectivity index (χ0n) is 32.0. The third-order valence-corrected chi connectivity index (χ3v) is 10.9. The Hall–Kier alpha value is -5.41. The summed E-state index contributed by atoms with van der Waals surface area (Å²) in [7, 11) is 2.21. The highest BCUT2D eigenvalue weighted by Gasteiger charge is 2.34. The van der Waals surface area contributed by atoms with Gasteiger partial charge in [0.2, 0.25) is 0 Å². The number of nitrogens with zero attached hydrogens (tertiary/aromatic N) is 2. The Bertz CT molecular complexity index is 2580. The van der Waals surface area contributed by atoms with Crippen LogP contribution in [0, 0.1) is 6.92 Å². The molecule has 3 nitrogen and oxygen atoms in total. The first-order valence-electron chi connectivity index (χ1n) is 18.7. The summed E-state index contributed by atoms with van der Waals surface area (Å²) in [4.78, 5) is 0. The molecule has 0 N–H and O–H groups in total. The van der Waals surface area contributed by atoms with Crippen LogP contribution in [0.15, 0.2) is 126 Å². The highest BCUT2D eigenvalue weighted by Crippen LogP contribution is 2.43. The Morgan fingerprint density at radius 1 is 0.615 bits per heavy atom. The molecule has 0 aliphatic carbocycles. The molecular formula is C49H49N2O+. The fourth-order valence-electron chi connectivity index (χ4n) is 8.00. The van der Waals surface area contributed by atoms with Crippen molar-refractivity contribution in [3.8, 4) is 39.3 Å². The van der Waals surface area contributed by atoms with E-state index in [1.54, 1.807) is 0 Å². The molecule has 6 aromatic carbocycles. The molecule has 0 radical (unpaired) electrons. The zero-order valence-corrected chi connectivity index (χ0v) is 32.0. The first-order chi connectivity index (χ1) is 24.9. The van der Waals surface area contributed by atoms with E-state index in [9.17, 15) is 0 Å². The van der Waals surface area contributed by atoms with E-state index >= 15 is 0 Å². The van der Waals surface area contributed by atoms with Crippen molar-refractivity contribution in [2.45, 2.75) is 72.6 Å². The maximum atomic E-state index is 6.96. The van der Waals surface area contributed by atoms with Gasteiger partial charge in [0.1, 0.15) is 16.8 Å². The summed E-state index contributed by atoms with van der Waals surface area (Å²) in [6.45, 7) is 18.4. The molecular weight excluding hydrogens is 633 g/mol. The summed E-state index contributed by atoms with van der Waals surface area (Å²) < 4.78 is 11.9. The summed E-state index contributed by atoms with van der Waals surface area (Å²) in [5.41, 5.74) is 16.8. The Kier molecular flexibility index (Phi) is 8.21. The van der Waals surface area contributed by atoms with E-state index in [1.165, 1.54) is 55.7 Å². The van der Waals surface area contributed by atoms with Crippen LogP contribution in [0.4, 0.5) is 0 Å². The molecule has 0 aliphatic rings. The van der Waals surface area contributed by atoms with Crippen molar-refractivity contribution < 1.29 is 8.98 Å². The van der Waals surface area contributed by atoms with Gasteiger partial charge in [-0.1, -0.05) is 133 Å². The Morgan fingerprint density at radius 3 is 1.87 bits per heavy atom. The highest BCUT2D eigenvalue weighted by atomic mass is 16.3. The molecule has 0 fully saturated rings. The van der Waals surface area contributed by atoms with Crippen LogP contribution in [-0.4, -0.2) is 4.57 Å². The molecule has 0 unspecified atom stereocenters. The fraction of sp³-hybridized carbons (Fsp3) is 0.245. The van der Waals surface area contributed by atoms with Crippen molar-refractivity contribution in [3.63, 3.8) is 0 Å². The molecule has 3 heteroatoms. The molecule has 2 heterocycles. The molecule has 260 valence electrons. The molecule has 0 saturated carbocycles. The smallest absolute Gasteiger partial charge is 0.299 e. The number of fused-ring (bicyclic) bond motifs is 4. The van der Waals surface area contributed by atoms with Crippen LogP contribution in [0.1, 0.15) is 82.6 Å². The number of aromatic nitrogens is 2. The number of imidazole rings is 1. The lowest BCUT2D eigenvalue weighted by Gasteiger charge is -2.22. The van der Waals surface area contributed by atoms with Gasteiger partial charge in [-0.15, -0.1) is 0 Å². The van der Waals surface area contributed by atoms with Crippen molar-refractivity contribution in [2.75, 3.05) is 0 Å². The average molecular weight is 682 g/mol. The summed E-state index contributed by atoms with van der Waals surface area (Å²) in [6.07, 6.45) is 0. The number of rotatable bonds is 6. The van der Waals surface area contributed by atoms with Gasteiger partial charge in [-0.2, -0.15) is 4.57 Å².